The van der Waals surface area contributed by atoms with Crippen LogP contribution in [0, 0.1) is 0 Å². The number of phosphoric acid groups is 1. The van der Waals surface area contributed by atoms with E-state index < -0.39 is 51.1 Å². The van der Waals surface area contributed by atoms with Gasteiger partial charge in [-0.25, -0.2) is 4.57 Å². The molecule has 0 saturated heterocycles. The zero-order chi connectivity index (χ0) is 37.8. The second-order valence-corrected chi connectivity index (χ2v) is 15.6. The highest BCUT2D eigenvalue weighted by atomic mass is 31.2. The number of carboxylic acid groups (broad SMARTS) is 1. The molecule has 0 aromatic carbocycles. The van der Waals surface area contributed by atoms with E-state index in [2.05, 4.69) is 18.4 Å². The first-order chi connectivity index (χ1) is 24.6. The van der Waals surface area contributed by atoms with Crippen LogP contribution >= 0.6 is 7.82 Å². The Bertz CT molecular complexity index is 890. The summed E-state index contributed by atoms with van der Waals surface area (Å²) in [5.74, 6) is -2.37. The molecule has 4 N–H and O–H groups in total. The van der Waals surface area contributed by atoms with E-state index in [9.17, 15) is 23.8 Å². The molecule has 0 aliphatic heterocycles. The van der Waals surface area contributed by atoms with Crippen LogP contribution in [0.3, 0.4) is 0 Å². The molecule has 0 bridgehead atoms. The van der Waals surface area contributed by atoms with Crippen molar-refractivity contribution < 1.29 is 47.5 Å². The maximum absolute atomic E-state index is 12.6. The number of carboxylic acids is 1. The summed E-state index contributed by atoms with van der Waals surface area (Å²) in [7, 11) is -4.70. The highest BCUT2D eigenvalue weighted by Gasteiger charge is 2.28. The molecule has 0 aromatic rings. The predicted octanol–water partition coefficient (Wildman–Crippen LogP) is 10.3. The van der Waals surface area contributed by atoms with Gasteiger partial charge in [0.2, 0.25) is 0 Å². The molecule has 11 nitrogen and oxygen atoms in total. The van der Waals surface area contributed by atoms with E-state index in [1.54, 1.807) is 0 Å². The lowest BCUT2D eigenvalue weighted by Crippen LogP contribution is -2.34. The highest BCUT2D eigenvalue weighted by molar-refractivity contribution is 7.47. The molecule has 0 fully saturated rings. The number of hydrogen-bond donors (Lipinski definition) is 3. The lowest BCUT2D eigenvalue weighted by atomic mass is 10.0. The zero-order valence-electron chi connectivity index (χ0n) is 32.5. The number of nitrogens with two attached hydrogens (primary N) is 1. The van der Waals surface area contributed by atoms with Crippen LogP contribution in [0.25, 0.3) is 0 Å². The minimum atomic E-state index is -4.70. The molecule has 12 heteroatoms. The summed E-state index contributed by atoms with van der Waals surface area (Å²) >= 11 is 0. The largest absolute Gasteiger partial charge is 0.480 e. The molecule has 0 aliphatic carbocycles. The average molecular weight is 750 g/mol. The van der Waals surface area contributed by atoms with Gasteiger partial charge in [-0.1, -0.05) is 174 Å². The van der Waals surface area contributed by atoms with E-state index in [1.165, 1.54) is 122 Å². The van der Waals surface area contributed by atoms with Crippen molar-refractivity contribution in [2.75, 3.05) is 19.8 Å². The number of hydrogen-bond acceptors (Lipinski definition) is 9. The van der Waals surface area contributed by atoms with E-state index in [0.717, 1.165) is 38.5 Å². The van der Waals surface area contributed by atoms with Crippen LogP contribution in [-0.2, 0) is 37.5 Å². The molecule has 3 unspecified atom stereocenters. The van der Waals surface area contributed by atoms with Crippen molar-refractivity contribution in [1.29, 1.82) is 0 Å². The number of unbranched alkanes of at least 4 members (excludes halogenated alkanes) is 25. The highest BCUT2D eigenvalue weighted by Crippen LogP contribution is 2.43. The van der Waals surface area contributed by atoms with E-state index in [-0.39, 0.29) is 19.4 Å². The Morgan fingerprint density at radius 3 is 1.24 bits per heavy atom. The molecule has 0 aromatic heterocycles. The number of esters is 2. The van der Waals surface area contributed by atoms with Crippen molar-refractivity contribution in [3.05, 3.63) is 0 Å². The summed E-state index contributed by atoms with van der Waals surface area (Å²) in [5, 5.41) is 8.85. The van der Waals surface area contributed by atoms with Gasteiger partial charge < -0.3 is 25.2 Å². The Morgan fingerprint density at radius 2 is 0.863 bits per heavy atom. The van der Waals surface area contributed by atoms with E-state index in [4.69, 9.17) is 24.8 Å². The minimum Gasteiger partial charge on any atom is -0.480 e. The second-order valence-electron chi connectivity index (χ2n) is 14.1. The molecule has 0 amide bonds. The number of ether oxygens (including phenoxy) is 2. The van der Waals surface area contributed by atoms with Crippen LogP contribution in [-0.4, -0.2) is 59.9 Å². The van der Waals surface area contributed by atoms with E-state index in [1.807, 2.05) is 0 Å². The van der Waals surface area contributed by atoms with Crippen LogP contribution in [0.5, 0.6) is 0 Å². The van der Waals surface area contributed by atoms with Gasteiger partial charge in [0.1, 0.15) is 12.6 Å². The summed E-state index contributed by atoms with van der Waals surface area (Å²) in [6.07, 6.45) is 32.0. The van der Waals surface area contributed by atoms with Crippen molar-refractivity contribution >= 4 is 25.7 Å². The topological polar surface area (TPSA) is 172 Å². The molecular formula is C39H76NO10P. The third-order valence-corrected chi connectivity index (χ3v) is 10.1. The van der Waals surface area contributed by atoms with Crippen LogP contribution in [0.2, 0.25) is 0 Å². The monoisotopic (exact) mass is 750 g/mol. The van der Waals surface area contributed by atoms with Gasteiger partial charge in [-0.3, -0.25) is 23.4 Å². The van der Waals surface area contributed by atoms with Crippen molar-refractivity contribution in [3.8, 4) is 0 Å². The normalized spacial score (nSPS) is 13.8. The molecule has 0 radical (unpaired) electrons. The van der Waals surface area contributed by atoms with Gasteiger partial charge in [0.25, 0.3) is 0 Å². The van der Waals surface area contributed by atoms with Crippen LogP contribution in [0.1, 0.15) is 200 Å². The Hall–Kier alpha value is -1.52. The van der Waals surface area contributed by atoms with E-state index >= 15 is 0 Å². The SMILES string of the molecule is CCCCCCCCCCCCCCCCCCCCCCC(=O)OC(COC(=O)CCCCCCCCC)COP(=O)(O)OCC(N)C(=O)O. The van der Waals surface area contributed by atoms with Crippen molar-refractivity contribution in [3.63, 3.8) is 0 Å². The number of aliphatic carboxylic acids is 1. The lowest BCUT2D eigenvalue weighted by Gasteiger charge is -2.20. The maximum Gasteiger partial charge on any atom is 0.472 e. The molecule has 0 aliphatic rings. The van der Waals surface area contributed by atoms with Crippen LogP contribution in [0.15, 0.2) is 0 Å². The minimum absolute atomic E-state index is 0.169. The summed E-state index contributed by atoms with van der Waals surface area (Å²) in [6, 6.07) is -1.51. The average Bonchev–Trinajstić information content (AvgIpc) is 3.10. The first-order valence-corrected chi connectivity index (χ1v) is 22.1. The number of phosphoric ester groups is 1. The van der Waals surface area contributed by atoms with Crippen LogP contribution < -0.4 is 5.73 Å². The molecule has 0 heterocycles. The Labute approximate surface area is 310 Å². The van der Waals surface area contributed by atoms with E-state index in [0.29, 0.717) is 12.8 Å². The number of carbonyl (C=O) groups is 3. The molecule has 0 rings (SSSR count). The summed E-state index contributed by atoms with van der Waals surface area (Å²) in [6.45, 7) is 2.76. The fourth-order valence-corrected chi connectivity index (χ4v) is 6.61. The van der Waals surface area contributed by atoms with Gasteiger partial charge >= 0.3 is 25.7 Å². The van der Waals surface area contributed by atoms with Gasteiger partial charge in [0.15, 0.2) is 6.10 Å². The Morgan fingerprint density at radius 1 is 0.529 bits per heavy atom. The van der Waals surface area contributed by atoms with Gasteiger partial charge in [-0.2, -0.15) is 0 Å². The quantitative estimate of drug-likeness (QED) is 0.0310. The molecule has 3 atom stereocenters. The molecular weight excluding hydrogens is 673 g/mol. The fraction of sp³-hybridized carbons (Fsp3) is 0.923. The second kappa shape index (κ2) is 35.5. The molecule has 302 valence electrons. The standard InChI is InChI=1S/C39H76NO10P/c1-3-5-7-9-11-12-13-14-15-16-17-18-19-20-21-22-23-25-27-29-31-38(42)50-35(33-48-51(45,46)49-34-36(40)39(43)44)32-47-37(41)30-28-26-24-10-8-6-4-2/h35-36H,3-34,40H2,1-2H3,(H,43,44)(H,45,46). The van der Waals surface area contributed by atoms with Gasteiger partial charge in [-0.15, -0.1) is 0 Å². The summed E-state index contributed by atoms with van der Waals surface area (Å²) < 4.78 is 32.5. The first kappa shape index (κ1) is 49.5. The van der Waals surface area contributed by atoms with Crippen molar-refractivity contribution in [1.82, 2.24) is 0 Å². The smallest absolute Gasteiger partial charge is 0.472 e. The number of rotatable bonds is 39. The third kappa shape index (κ3) is 35.3. The van der Waals surface area contributed by atoms with Gasteiger partial charge in [0, 0.05) is 12.8 Å². The Balaban J connectivity index is 4.20. The van der Waals surface area contributed by atoms with Crippen LogP contribution in [0.4, 0.5) is 0 Å². The lowest BCUT2D eigenvalue weighted by molar-refractivity contribution is -0.161. The predicted molar refractivity (Wildman–Crippen MR) is 203 cm³/mol. The molecule has 51 heavy (non-hydrogen) atoms. The molecule has 0 spiro atoms. The van der Waals surface area contributed by atoms with Gasteiger partial charge in [0.05, 0.1) is 13.2 Å². The Kier molecular flexibility index (Phi) is 34.4. The molecule has 0 saturated carbocycles. The van der Waals surface area contributed by atoms with Crippen molar-refractivity contribution in [2.24, 2.45) is 5.73 Å². The summed E-state index contributed by atoms with van der Waals surface area (Å²) in [4.78, 5) is 45.6. The number of carbonyl (C=O) groups excluding carboxylic acids is 2. The van der Waals surface area contributed by atoms with Crippen molar-refractivity contribution in [2.45, 2.75) is 212 Å². The zero-order valence-corrected chi connectivity index (χ0v) is 33.4. The maximum atomic E-state index is 12.6. The fourth-order valence-electron chi connectivity index (χ4n) is 5.83. The first-order valence-electron chi connectivity index (χ1n) is 20.6. The van der Waals surface area contributed by atoms with Gasteiger partial charge in [-0.05, 0) is 12.8 Å². The summed E-state index contributed by atoms with van der Waals surface area (Å²) in [5.41, 5.74) is 5.31. The third-order valence-electron chi connectivity index (χ3n) is 9.11.